The van der Waals surface area contributed by atoms with Crippen LogP contribution in [0.5, 0.6) is 5.75 Å². The minimum Gasteiger partial charge on any atom is -0.493 e. The Bertz CT molecular complexity index is 737. The number of ether oxygens (including phenoxy) is 1. The van der Waals surface area contributed by atoms with Crippen LogP contribution in [0.15, 0.2) is 29.6 Å². The Kier molecular flexibility index (Phi) is 3.85. The van der Waals surface area contributed by atoms with Crippen LogP contribution < -0.4 is 10.1 Å². The van der Waals surface area contributed by atoms with Gasteiger partial charge in [-0.15, -0.1) is 11.3 Å². The molecule has 2 N–H and O–H groups in total. The number of carboxylic acid groups (broad SMARTS) is 1. The molecule has 22 heavy (non-hydrogen) atoms. The zero-order valence-corrected chi connectivity index (χ0v) is 12.8. The van der Waals surface area contributed by atoms with E-state index in [0.29, 0.717) is 17.0 Å². The maximum atomic E-state index is 12.3. The van der Waals surface area contributed by atoms with E-state index in [1.807, 2.05) is 18.4 Å². The van der Waals surface area contributed by atoms with Crippen molar-refractivity contribution < 1.29 is 19.4 Å². The van der Waals surface area contributed by atoms with Gasteiger partial charge in [-0.1, -0.05) is 6.07 Å². The fraction of sp³-hybridized carbons (Fsp3) is 0.250. The van der Waals surface area contributed by atoms with Crippen LogP contribution in [0, 0.1) is 6.92 Å². The molecule has 0 saturated carbocycles. The van der Waals surface area contributed by atoms with Crippen molar-refractivity contribution in [1.29, 1.82) is 0 Å². The third-order valence-corrected chi connectivity index (χ3v) is 4.65. The third kappa shape index (κ3) is 2.69. The predicted molar refractivity (Wildman–Crippen MR) is 82.5 cm³/mol. The van der Waals surface area contributed by atoms with E-state index in [1.54, 1.807) is 18.2 Å². The highest BCUT2D eigenvalue weighted by Gasteiger charge is 2.25. The molecule has 0 aliphatic carbocycles. The van der Waals surface area contributed by atoms with E-state index in [0.717, 1.165) is 23.3 Å². The van der Waals surface area contributed by atoms with Crippen molar-refractivity contribution in [3.8, 4) is 5.75 Å². The number of carbonyl (C=O) groups excluding carboxylic acids is 1. The van der Waals surface area contributed by atoms with Crippen LogP contribution in [0.1, 0.15) is 32.4 Å². The molecule has 3 rings (SSSR count). The molecule has 1 aromatic heterocycles. The zero-order chi connectivity index (χ0) is 15.7. The van der Waals surface area contributed by atoms with Crippen molar-refractivity contribution in [1.82, 2.24) is 5.32 Å². The van der Waals surface area contributed by atoms with Gasteiger partial charge >= 0.3 is 5.97 Å². The van der Waals surface area contributed by atoms with E-state index in [4.69, 9.17) is 4.74 Å². The van der Waals surface area contributed by atoms with Gasteiger partial charge in [0.2, 0.25) is 0 Å². The quantitative estimate of drug-likeness (QED) is 0.908. The van der Waals surface area contributed by atoms with Crippen molar-refractivity contribution in [2.75, 3.05) is 6.61 Å². The van der Waals surface area contributed by atoms with Gasteiger partial charge < -0.3 is 15.2 Å². The number of benzene rings is 1. The van der Waals surface area contributed by atoms with Crippen molar-refractivity contribution in [3.63, 3.8) is 0 Å². The Labute approximate surface area is 131 Å². The third-order valence-electron chi connectivity index (χ3n) is 3.64. The number of rotatable bonds is 4. The van der Waals surface area contributed by atoms with Crippen molar-refractivity contribution in [2.45, 2.75) is 19.4 Å². The van der Waals surface area contributed by atoms with E-state index in [9.17, 15) is 14.7 Å². The minimum atomic E-state index is -1.08. The predicted octanol–water partition coefficient (Wildman–Crippen LogP) is 2.55. The highest BCUT2D eigenvalue weighted by atomic mass is 32.1. The molecule has 0 fully saturated rings. The molecule has 1 unspecified atom stereocenters. The average Bonchev–Trinajstić information content (AvgIpc) is 3.11. The molecule has 1 amide bonds. The molecular formula is C16H15NO4S. The van der Waals surface area contributed by atoms with Crippen LogP contribution in [0.2, 0.25) is 0 Å². The first-order valence-electron chi connectivity index (χ1n) is 6.89. The Morgan fingerprint density at radius 3 is 2.86 bits per heavy atom. The smallest absolute Gasteiger partial charge is 0.330 e. The largest absolute Gasteiger partial charge is 0.493 e. The average molecular weight is 317 g/mol. The first-order chi connectivity index (χ1) is 10.6. The molecule has 114 valence electrons. The van der Waals surface area contributed by atoms with Crippen LogP contribution >= 0.6 is 11.3 Å². The van der Waals surface area contributed by atoms with E-state index in [-0.39, 0.29) is 5.91 Å². The number of thiophene rings is 1. The number of hydrogen-bond acceptors (Lipinski definition) is 4. The highest BCUT2D eigenvalue weighted by Crippen LogP contribution is 2.28. The normalized spacial score (nSPS) is 14.0. The lowest BCUT2D eigenvalue weighted by atomic mass is 10.0. The fourth-order valence-corrected chi connectivity index (χ4v) is 3.30. The van der Waals surface area contributed by atoms with Gasteiger partial charge in [-0.25, -0.2) is 4.79 Å². The van der Waals surface area contributed by atoms with Crippen LogP contribution in [0.3, 0.4) is 0 Å². The van der Waals surface area contributed by atoms with E-state index >= 15 is 0 Å². The number of aryl methyl sites for hydroxylation is 1. The second-order valence-corrected chi connectivity index (χ2v) is 6.06. The molecule has 1 aliphatic heterocycles. The molecule has 6 heteroatoms. The lowest BCUT2D eigenvalue weighted by molar-refractivity contribution is -0.139. The van der Waals surface area contributed by atoms with Gasteiger partial charge in [-0.05, 0) is 47.2 Å². The number of amides is 1. The lowest BCUT2D eigenvalue weighted by Gasteiger charge is -2.15. The van der Waals surface area contributed by atoms with Gasteiger partial charge in [0.15, 0.2) is 6.04 Å². The van der Waals surface area contributed by atoms with Crippen LogP contribution in [0.4, 0.5) is 0 Å². The monoisotopic (exact) mass is 317 g/mol. The van der Waals surface area contributed by atoms with Crippen LogP contribution in [-0.2, 0) is 11.2 Å². The Morgan fingerprint density at radius 1 is 1.36 bits per heavy atom. The number of carboxylic acids is 1. The summed E-state index contributed by atoms with van der Waals surface area (Å²) in [4.78, 5) is 24.3. The number of carbonyl (C=O) groups is 2. The van der Waals surface area contributed by atoms with Crippen molar-refractivity contribution in [3.05, 3.63) is 51.2 Å². The van der Waals surface area contributed by atoms with Crippen molar-refractivity contribution in [2.24, 2.45) is 0 Å². The van der Waals surface area contributed by atoms with Gasteiger partial charge in [-0.2, -0.15) is 0 Å². The molecule has 2 heterocycles. The van der Waals surface area contributed by atoms with Crippen LogP contribution in [-0.4, -0.2) is 23.6 Å². The topological polar surface area (TPSA) is 75.6 Å². The van der Waals surface area contributed by atoms with E-state index in [1.165, 1.54) is 11.3 Å². The first kappa shape index (κ1) is 14.6. The van der Waals surface area contributed by atoms with Gasteiger partial charge in [-0.3, -0.25) is 4.79 Å². The fourth-order valence-electron chi connectivity index (χ4n) is 2.48. The SMILES string of the molecule is Cc1ccsc1C(=O)NC(C(=O)O)c1ccc2c(c1)CCO2. The summed E-state index contributed by atoms with van der Waals surface area (Å²) in [7, 11) is 0. The lowest BCUT2D eigenvalue weighted by Crippen LogP contribution is -2.33. The summed E-state index contributed by atoms with van der Waals surface area (Å²) in [5, 5.41) is 13.9. The Morgan fingerprint density at radius 2 is 2.18 bits per heavy atom. The minimum absolute atomic E-state index is 0.364. The molecule has 0 spiro atoms. The molecule has 1 atom stereocenters. The van der Waals surface area contributed by atoms with Gasteiger partial charge in [0.05, 0.1) is 11.5 Å². The number of nitrogens with one attached hydrogen (secondary N) is 1. The highest BCUT2D eigenvalue weighted by molar-refractivity contribution is 7.12. The summed E-state index contributed by atoms with van der Waals surface area (Å²) in [6.07, 6.45) is 0.757. The summed E-state index contributed by atoms with van der Waals surface area (Å²) < 4.78 is 5.42. The molecule has 5 nitrogen and oxygen atoms in total. The molecule has 1 aromatic carbocycles. The molecule has 0 saturated heterocycles. The summed E-state index contributed by atoms with van der Waals surface area (Å²) in [6, 6.07) is 6.01. The molecule has 0 bridgehead atoms. The van der Waals surface area contributed by atoms with Gasteiger partial charge in [0, 0.05) is 6.42 Å². The van der Waals surface area contributed by atoms with Crippen LogP contribution in [0.25, 0.3) is 0 Å². The van der Waals surface area contributed by atoms with E-state index in [2.05, 4.69) is 5.32 Å². The Hall–Kier alpha value is -2.34. The summed E-state index contributed by atoms with van der Waals surface area (Å²) >= 11 is 1.30. The van der Waals surface area contributed by atoms with E-state index < -0.39 is 12.0 Å². The summed E-state index contributed by atoms with van der Waals surface area (Å²) in [5.41, 5.74) is 2.37. The summed E-state index contributed by atoms with van der Waals surface area (Å²) in [6.45, 7) is 2.44. The zero-order valence-electron chi connectivity index (χ0n) is 12.0. The molecular weight excluding hydrogens is 302 g/mol. The second kappa shape index (κ2) is 5.81. The number of aliphatic carboxylic acids is 1. The summed E-state index contributed by atoms with van der Waals surface area (Å²) in [5.74, 6) is -0.661. The standard InChI is InChI=1S/C16H15NO4S/c1-9-5-7-22-14(9)15(18)17-13(16(19)20)11-2-3-12-10(8-11)4-6-21-12/h2-3,5,7-8,13H,4,6H2,1H3,(H,17,18)(H,19,20). The van der Waals surface area contributed by atoms with Gasteiger partial charge in [0.1, 0.15) is 5.75 Å². The first-order valence-corrected chi connectivity index (χ1v) is 7.77. The maximum Gasteiger partial charge on any atom is 0.330 e. The maximum absolute atomic E-state index is 12.3. The molecule has 2 aromatic rings. The number of fused-ring (bicyclic) bond motifs is 1. The number of hydrogen-bond donors (Lipinski definition) is 2. The Balaban J connectivity index is 1.86. The van der Waals surface area contributed by atoms with Crippen molar-refractivity contribution >= 4 is 23.2 Å². The van der Waals surface area contributed by atoms with Gasteiger partial charge in [0.25, 0.3) is 5.91 Å². The molecule has 0 radical (unpaired) electrons. The second-order valence-electron chi connectivity index (χ2n) is 5.14. The molecule has 1 aliphatic rings.